The van der Waals surface area contributed by atoms with Crippen LogP contribution in [0.2, 0.25) is 0 Å². The molecule has 2 amide bonds. The summed E-state index contributed by atoms with van der Waals surface area (Å²) in [7, 11) is 0. The van der Waals surface area contributed by atoms with Gasteiger partial charge in [0.15, 0.2) is 0 Å². The van der Waals surface area contributed by atoms with E-state index < -0.39 is 0 Å². The van der Waals surface area contributed by atoms with E-state index in [1.807, 2.05) is 6.92 Å². The van der Waals surface area contributed by atoms with Crippen LogP contribution in [0.15, 0.2) is 28.7 Å². The number of nitrogens with zero attached hydrogens (tertiary/aromatic N) is 2. The molecule has 24 heavy (non-hydrogen) atoms. The van der Waals surface area contributed by atoms with Crippen molar-refractivity contribution < 1.29 is 18.3 Å². The lowest BCUT2D eigenvalue weighted by Gasteiger charge is -2.26. The first kappa shape index (κ1) is 16.4. The number of carbonyl (C=O) groups excluding carboxylic acids is 1. The van der Waals surface area contributed by atoms with E-state index in [2.05, 4.69) is 10.3 Å². The van der Waals surface area contributed by atoms with Crippen LogP contribution in [0, 0.1) is 12.7 Å². The fraction of sp³-hybridized carbons (Fsp3) is 0.412. The normalized spacial score (nSPS) is 14.7. The van der Waals surface area contributed by atoms with Gasteiger partial charge in [-0.25, -0.2) is 14.2 Å². The van der Waals surface area contributed by atoms with Crippen molar-refractivity contribution in [3.63, 3.8) is 0 Å². The Morgan fingerprint density at radius 1 is 1.29 bits per heavy atom. The molecule has 0 spiro atoms. The van der Waals surface area contributed by atoms with Crippen molar-refractivity contribution in [2.45, 2.75) is 13.3 Å². The van der Waals surface area contributed by atoms with Gasteiger partial charge in [0.2, 0.25) is 5.89 Å². The number of aryl methyl sites for hydroxylation is 1. The van der Waals surface area contributed by atoms with Crippen LogP contribution < -0.4 is 5.32 Å². The topological polar surface area (TPSA) is 67.6 Å². The molecule has 0 bridgehead atoms. The average Bonchev–Trinajstić information content (AvgIpc) is 2.97. The first-order valence-electron chi connectivity index (χ1n) is 7.96. The van der Waals surface area contributed by atoms with Crippen LogP contribution in [0.25, 0.3) is 11.5 Å². The smallest absolute Gasteiger partial charge is 0.317 e. The quantitative estimate of drug-likeness (QED) is 0.933. The minimum atomic E-state index is -0.298. The van der Waals surface area contributed by atoms with E-state index in [-0.39, 0.29) is 11.8 Å². The highest BCUT2D eigenvalue weighted by Gasteiger charge is 2.17. The van der Waals surface area contributed by atoms with E-state index in [0.29, 0.717) is 50.9 Å². The van der Waals surface area contributed by atoms with Gasteiger partial charge in [-0.1, -0.05) is 0 Å². The number of rotatable bonds is 4. The maximum atomic E-state index is 13.0. The first-order valence-corrected chi connectivity index (χ1v) is 7.96. The van der Waals surface area contributed by atoms with Gasteiger partial charge in [0, 0.05) is 31.6 Å². The summed E-state index contributed by atoms with van der Waals surface area (Å²) in [5.74, 6) is 0.866. The van der Waals surface area contributed by atoms with Gasteiger partial charge < -0.3 is 19.4 Å². The summed E-state index contributed by atoms with van der Waals surface area (Å²) in [4.78, 5) is 18.2. The molecule has 7 heteroatoms. The van der Waals surface area contributed by atoms with Gasteiger partial charge >= 0.3 is 6.03 Å². The van der Waals surface area contributed by atoms with E-state index in [9.17, 15) is 9.18 Å². The SMILES string of the molecule is Cc1oc(-c2ccc(F)cc2)nc1CCNC(=O)N1CCOCC1. The third kappa shape index (κ3) is 3.91. The molecule has 0 unspecified atom stereocenters. The lowest BCUT2D eigenvalue weighted by Crippen LogP contribution is -2.46. The van der Waals surface area contributed by atoms with Crippen molar-refractivity contribution in [3.05, 3.63) is 41.5 Å². The van der Waals surface area contributed by atoms with Crippen molar-refractivity contribution >= 4 is 6.03 Å². The maximum Gasteiger partial charge on any atom is 0.317 e. The summed E-state index contributed by atoms with van der Waals surface area (Å²) in [6, 6.07) is 5.92. The third-order valence-corrected chi connectivity index (χ3v) is 3.92. The zero-order chi connectivity index (χ0) is 16.9. The van der Waals surface area contributed by atoms with Crippen molar-refractivity contribution in [3.8, 4) is 11.5 Å². The molecule has 3 rings (SSSR count). The Balaban J connectivity index is 1.55. The zero-order valence-corrected chi connectivity index (χ0v) is 13.5. The molecular formula is C17H20FN3O3. The molecule has 1 aromatic heterocycles. The highest BCUT2D eigenvalue weighted by Crippen LogP contribution is 2.22. The maximum absolute atomic E-state index is 13.0. The Kier molecular flexibility index (Phi) is 5.10. The van der Waals surface area contributed by atoms with Crippen LogP contribution in [-0.2, 0) is 11.2 Å². The molecule has 6 nitrogen and oxygen atoms in total. The van der Waals surface area contributed by atoms with Gasteiger partial charge in [0.05, 0.1) is 18.9 Å². The standard InChI is InChI=1S/C17H20FN3O3/c1-12-15(6-7-19-17(22)21-8-10-23-11-9-21)20-16(24-12)13-2-4-14(18)5-3-13/h2-5H,6-11H2,1H3,(H,19,22). The minimum Gasteiger partial charge on any atom is -0.441 e. The molecule has 0 aliphatic carbocycles. The van der Waals surface area contributed by atoms with Gasteiger partial charge in [-0.3, -0.25) is 0 Å². The number of benzene rings is 1. The number of hydrogen-bond acceptors (Lipinski definition) is 4. The van der Waals surface area contributed by atoms with Crippen molar-refractivity contribution in [2.75, 3.05) is 32.8 Å². The van der Waals surface area contributed by atoms with Crippen LogP contribution in [0.3, 0.4) is 0 Å². The number of ether oxygens (including phenoxy) is 1. The van der Waals surface area contributed by atoms with E-state index in [4.69, 9.17) is 9.15 Å². The summed E-state index contributed by atoms with van der Waals surface area (Å²) in [6.07, 6.45) is 0.576. The van der Waals surface area contributed by atoms with Crippen molar-refractivity contribution in [1.82, 2.24) is 15.2 Å². The molecule has 1 N–H and O–H groups in total. The monoisotopic (exact) mass is 333 g/mol. The lowest BCUT2D eigenvalue weighted by molar-refractivity contribution is 0.0533. The van der Waals surface area contributed by atoms with Crippen LogP contribution in [0.5, 0.6) is 0 Å². The highest BCUT2D eigenvalue weighted by atomic mass is 19.1. The van der Waals surface area contributed by atoms with Crippen LogP contribution in [0.1, 0.15) is 11.5 Å². The Morgan fingerprint density at radius 3 is 2.71 bits per heavy atom. The van der Waals surface area contributed by atoms with Gasteiger partial charge in [0.1, 0.15) is 11.6 Å². The number of amides is 2. The van der Waals surface area contributed by atoms with Gasteiger partial charge in [0.25, 0.3) is 0 Å². The second-order valence-corrected chi connectivity index (χ2v) is 5.61. The van der Waals surface area contributed by atoms with Crippen LogP contribution in [0.4, 0.5) is 9.18 Å². The third-order valence-electron chi connectivity index (χ3n) is 3.92. The highest BCUT2D eigenvalue weighted by molar-refractivity contribution is 5.74. The molecular weight excluding hydrogens is 313 g/mol. The molecule has 2 heterocycles. The number of nitrogens with one attached hydrogen (secondary N) is 1. The van der Waals surface area contributed by atoms with Crippen LogP contribution in [-0.4, -0.2) is 48.8 Å². The Labute approximate surface area is 139 Å². The lowest BCUT2D eigenvalue weighted by atomic mass is 10.2. The second-order valence-electron chi connectivity index (χ2n) is 5.61. The number of aromatic nitrogens is 1. The number of halogens is 1. The minimum absolute atomic E-state index is 0.0850. The van der Waals surface area contributed by atoms with Gasteiger partial charge in [-0.2, -0.15) is 0 Å². The number of hydrogen-bond donors (Lipinski definition) is 1. The molecule has 1 aliphatic rings. The summed E-state index contributed by atoms with van der Waals surface area (Å²) >= 11 is 0. The van der Waals surface area contributed by atoms with Crippen molar-refractivity contribution in [1.29, 1.82) is 0 Å². The fourth-order valence-corrected chi connectivity index (χ4v) is 2.54. The van der Waals surface area contributed by atoms with E-state index in [1.54, 1.807) is 17.0 Å². The van der Waals surface area contributed by atoms with E-state index in [0.717, 1.165) is 11.3 Å². The second kappa shape index (κ2) is 7.44. The zero-order valence-electron chi connectivity index (χ0n) is 13.5. The largest absolute Gasteiger partial charge is 0.441 e. The Hall–Kier alpha value is -2.41. The molecule has 0 atom stereocenters. The molecule has 2 aromatic rings. The van der Waals surface area contributed by atoms with Gasteiger partial charge in [-0.05, 0) is 31.2 Å². The van der Waals surface area contributed by atoms with Gasteiger partial charge in [-0.15, -0.1) is 0 Å². The predicted molar refractivity (Wildman–Crippen MR) is 86.1 cm³/mol. The summed E-state index contributed by atoms with van der Waals surface area (Å²) in [6.45, 7) is 4.70. The molecule has 1 saturated heterocycles. The Bertz CT molecular complexity index is 694. The molecule has 0 saturated carbocycles. The summed E-state index contributed by atoms with van der Waals surface area (Å²) in [5, 5.41) is 2.88. The Morgan fingerprint density at radius 2 is 2.00 bits per heavy atom. The molecule has 1 aromatic carbocycles. The van der Waals surface area contributed by atoms with E-state index in [1.165, 1.54) is 12.1 Å². The summed E-state index contributed by atoms with van der Waals surface area (Å²) in [5.41, 5.74) is 1.51. The molecule has 1 aliphatic heterocycles. The molecule has 0 radical (unpaired) electrons. The van der Waals surface area contributed by atoms with E-state index >= 15 is 0 Å². The summed E-state index contributed by atoms with van der Waals surface area (Å²) < 4.78 is 23.8. The predicted octanol–water partition coefficient (Wildman–Crippen LogP) is 2.37. The first-order chi connectivity index (χ1) is 11.6. The number of carbonyl (C=O) groups is 1. The molecule has 128 valence electrons. The average molecular weight is 333 g/mol. The number of morpholine rings is 1. The molecule has 1 fully saturated rings. The number of urea groups is 1. The van der Waals surface area contributed by atoms with Crippen LogP contribution >= 0.6 is 0 Å². The fourth-order valence-electron chi connectivity index (χ4n) is 2.54. The number of oxazole rings is 1. The van der Waals surface area contributed by atoms with Crippen molar-refractivity contribution in [2.24, 2.45) is 0 Å².